The molecule has 0 saturated carbocycles. The van der Waals surface area contributed by atoms with Gasteiger partial charge in [-0.2, -0.15) is 0 Å². The molecular formula is C7H11O3P. The Hall–Kier alpha value is -0.630. The topological polar surface area (TPSA) is 57.5 Å². The van der Waals surface area contributed by atoms with E-state index >= 15 is 0 Å². The summed E-state index contributed by atoms with van der Waals surface area (Å²) in [6.45, 7) is 0.854. The average Bonchev–Trinajstić information content (AvgIpc) is 1.88. The van der Waals surface area contributed by atoms with E-state index in [4.69, 9.17) is 9.79 Å². The molecule has 0 amide bonds. The molecule has 62 valence electrons. The SMILES string of the molecule is CP(=O)(O)O.c1ccccc1. The third-order valence-corrected chi connectivity index (χ3v) is 0.667. The van der Waals surface area contributed by atoms with Crippen LogP contribution in [0.15, 0.2) is 36.4 Å². The Bertz CT molecular complexity index is 181. The van der Waals surface area contributed by atoms with Crippen LogP contribution in [0.5, 0.6) is 0 Å². The third kappa shape index (κ3) is 17.6. The van der Waals surface area contributed by atoms with Gasteiger partial charge >= 0.3 is 7.60 Å². The molecule has 3 nitrogen and oxygen atoms in total. The molecule has 1 aromatic carbocycles. The maximum Gasteiger partial charge on any atom is 0.322 e. The highest BCUT2D eigenvalue weighted by Gasteiger charge is 1.95. The summed E-state index contributed by atoms with van der Waals surface area (Å²) in [6.07, 6.45) is 0. The minimum atomic E-state index is -3.64. The first-order valence-corrected chi connectivity index (χ1v) is 5.09. The van der Waals surface area contributed by atoms with E-state index in [1.165, 1.54) is 0 Å². The van der Waals surface area contributed by atoms with Crippen LogP contribution in [-0.4, -0.2) is 16.5 Å². The Morgan fingerprint density at radius 2 is 1.00 bits per heavy atom. The molecule has 0 aromatic heterocycles. The molecule has 0 bridgehead atoms. The highest BCUT2D eigenvalue weighted by molar-refractivity contribution is 7.50. The van der Waals surface area contributed by atoms with Gasteiger partial charge in [0.15, 0.2) is 0 Å². The van der Waals surface area contributed by atoms with Gasteiger partial charge in [-0.1, -0.05) is 36.4 Å². The van der Waals surface area contributed by atoms with Crippen LogP contribution in [0.3, 0.4) is 0 Å². The van der Waals surface area contributed by atoms with Gasteiger partial charge in [-0.25, -0.2) is 0 Å². The molecule has 0 heterocycles. The Morgan fingerprint density at radius 1 is 0.909 bits per heavy atom. The van der Waals surface area contributed by atoms with Gasteiger partial charge in [0.25, 0.3) is 0 Å². The van der Waals surface area contributed by atoms with Crippen molar-refractivity contribution in [3.8, 4) is 0 Å². The van der Waals surface area contributed by atoms with Crippen molar-refractivity contribution in [3.05, 3.63) is 36.4 Å². The van der Waals surface area contributed by atoms with Crippen LogP contribution >= 0.6 is 7.60 Å². The maximum atomic E-state index is 9.33. The van der Waals surface area contributed by atoms with Crippen molar-refractivity contribution in [2.24, 2.45) is 0 Å². The highest BCUT2D eigenvalue weighted by Crippen LogP contribution is 2.26. The van der Waals surface area contributed by atoms with E-state index < -0.39 is 7.60 Å². The van der Waals surface area contributed by atoms with E-state index in [1.54, 1.807) is 0 Å². The molecule has 1 aromatic rings. The lowest BCUT2D eigenvalue weighted by Gasteiger charge is -1.84. The van der Waals surface area contributed by atoms with Crippen LogP contribution in [0.2, 0.25) is 0 Å². The van der Waals surface area contributed by atoms with E-state index in [-0.39, 0.29) is 0 Å². The monoisotopic (exact) mass is 174 g/mol. The summed E-state index contributed by atoms with van der Waals surface area (Å²) in [4.78, 5) is 15.3. The van der Waals surface area contributed by atoms with Crippen molar-refractivity contribution < 1.29 is 14.4 Å². The normalized spacial score (nSPS) is 9.73. The predicted molar refractivity (Wildman–Crippen MR) is 44.4 cm³/mol. The Morgan fingerprint density at radius 3 is 1.09 bits per heavy atom. The summed E-state index contributed by atoms with van der Waals surface area (Å²) in [5, 5.41) is 0. The second kappa shape index (κ2) is 5.08. The van der Waals surface area contributed by atoms with Crippen LogP contribution in [-0.2, 0) is 4.57 Å². The molecule has 0 unspecified atom stereocenters. The van der Waals surface area contributed by atoms with Crippen molar-refractivity contribution in [2.45, 2.75) is 0 Å². The lowest BCUT2D eigenvalue weighted by atomic mass is 10.4. The van der Waals surface area contributed by atoms with E-state index in [0.717, 1.165) is 6.66 Å². The summed E-state index contributed by atoms with van der Waals surface area (Å²) in [6, 6.07) is 12.0. The minimum Gasteiger partial charge on any atom is -0.325 e. The van der Waals surface area contributed by atoms with Gasteiger partial charge in [0.2, 0.25) is 0 Å². The van der Waals surface area contributed by atoms with Crippen LogP contribution in [0, 0.1) is 0 Å². The third-order valence-electron chi connectivity index (χ3n) is 0.667. The van der Waals surface area contributed by atoms with Crippen LogP contribution in [0.4, 0.5) is 0 Å². The molecule has 2 N–H and O–H groups in total. The molecule has 4 heteroatoms. The fourth-order valence-corrected chi connectivity index (χ4v) is 0.385. The molecule has 0 radical (unpaired) electrons. The van der Waals surface area contributed by atoms with Crippen molar-refractivity contribution in [3.63, 3.8) is 0 Å². The van der Waals surface area contributed by atoms with Gasteiger partial charge in [0.05, 0.1) is 0 Å². The van der Waals surface area contributed by atoms with Crippen molar-refractivity contribution in [1.29, 1.82) is 0 Å². The highest BCUT2D eigenvalue weighted by atomic mass is 31.2. The quantitative estimate of drug-likeness (QED) is 0.585. The molecule has 0 saturated heterocycles. The Balaban J connectivity index is 0.000000187. The fourth-order valence-electron chi connectivity index (χ4n) is 0.385. The lowest BCUT2D eigenvalue weighted by molar-refractivity contribution is 0.381. The molecule has 0 aliphatic rings. The molecule has 0 fully saturated rings. The first kappa shape index (κ1) is 10.4. The Kier molecular flexibility index (Phi) is 4.79. The molecule has 1 rings (SSSR count). The zero-order valence-electron chi connectivity index (χ0n) is 6.21. The summed E-state index contributed by atoms with van der Waals surface area (Å²) in [5.41, 5.74) is 0. The number of hydrogen-bond donors (Lipinski definition) is 2. The molecule has 11 heavy (non-hydrogen) atoms. The fraction of sp³-hybridized carbons (Fsp3) is 0.143. The second-order valence-corrected chi connectivity index (χ2v) is 3.66. The summed E-state index contributed by atoms with van der Waals surface area (Å²) < 4.78 is 9.33. The predicted octanol–water partition coefficient (Wildman–Crippen LogP) is 1.48. The van der Waals surface area contributed by atoms with Gasteiger partial charge in [0, 0.05) is 6.66 Å². The van der Waals surface area contributed by atoms with E-state index in [9.17, 15) is 4.57 Å². The van der Waals surface area contributed by atoms with E-state index in [0.29, 0.717) is 0 Å². The number of rotatable bonds is 0. The summed E-state index contributed by atoms with van der Waals surface area (Å²) in [7, 11) is -3.64. The van der Waals surface area contributed by atoms with Gasteiger partial charge in [-0.3, -0.25) is 4.57 Å². The van der Waals surface area contributed by atoms with E-state index in [2.05, 4.69) is 0 Å². The maximum absolute atomic E-state index is 9.33. The van der Waals surface area contributed by atoms with E-state index in [1.807, 2.05) is 36.4 Å². The molecule has 0 atom stereocenters. The Labute approximate surface area is 65.9 Å². The first-order chi connectivity index (χ1) is 5.00. The first-order valence-electron chi connectivity index (χ1n) is 3.03. The summed E-state index contributed by atoms with van der Waals surface area (Å²) in [5.74, 6) is 0. The average molecular weight is 174 g/mol. The zero-order valence-corrected chi connectivity index (χ0v) is 7.11. The van der Waals surface area contributed by atoms with Crippen molar-refractivity contribution in [2.75, 3.05) is 6.66 Å². The van der Waals surface area contributed by atoms with Crippen molar-refractivity contribution in [1.82, 2.24) is 0 Å². The van der Waals surface area contributed by atoms with Gasteiger partial charge < -0.3 is 9.79 Å². The second-order valence-electron chi connectivity index (χ2n) is 1.99. The zero-order chi connectivity index (χ0) is 8.74. The van der Waals surface area contributed by atoms with Crippen molar-refractivity contribution >= 4 is 7.60 Å². The number of benzene rings is 1. The van der Waals surface area contributed by atoms with Crippen LogP contribution < -0.4 is 0 Å². The van der Waals surface area contributed by atoms with Crippen LogP contribution in [0.25, 0.3) is 0 Å². The van der Waals surface area contributed by atoms with Crippen LogP contribution in [0.1, 0.15) is 0 Å². The molecule has 0 aliphatic heterocycles. The standard InChI is InChI=1S/C6H6.CH5O3P/c1-2-4-6-5-3-1;1-5(2,3)4/h1-6H;1H3,(H2,2,3,4). The van der Waals surface area contributed by atoms with Gasteiger partial charge in [-0.05, 0) is 0 Å². The molecule has 0 aliphatic carbocycles. The largest absolute Gasteiger partial charge is 0.325 e. The van der Waals surface area contributed by atoms with Gasteiger partial charge in [0.1, 0.15) is 0 Å². The smallest absolute Gasteiger partial charge is 0.322 e. The van der Waals surface area contributed by atoms with Gasteiger partial charge in [-0.15, -0.1) is 0 Å². The summed E-state index contributed by atoms with van der Waals surface area (Å²) >= 11 is 0. The lowest BCUT2D eigenvalue weighted by Crippen LogP contribution is -1.64. The number of hydrogen-bond acceptors (Lipinski definition) is 1. The molecular weight excluding hydrogens is 163 g/mol. The minimum absolute atomic E-state index is 0.854. The molecule has 0 spiro atoms.